The summed E-state index contributed by atoms with van der Waals surface area (Å²) in [6.45, 7) is 7.67. The van der Waals surface area contributed by atoms with Crippen molar-refractivity contribution in [3.8, 4) is 0 Å². The fraction of sp³-hybridized carbons (Fsp3) is 1.00. The van der Waals surface area contributed by atoms with Crippen LogP contribution >= 0.6 is 11.8 Å². The fourth-order valence-electron chi connectivity index (χ4n) is 2.98. The average Bonchev–Trinajstić information content (AvgIpc) is 3.11. The van der Waals surface area contributed by atoms with Gasteiger partial charge in [-0.1, -0.05) is 0 Å². The molecule has 1 N–H and O–H groups in total. The minimum absolute atomic E-state index is 0.773. The molecule has 3 fully saturated rings. The van der Waals surface area contributed by atoms with E-state index in [4.69, 9.17) is 0 Å². The molecule has 1 atom stereocenters. The Morgan fingerprint density at radius 2 is 1.88 bits per heavy atom. The summed E-state index contributed by atoms with van der Waals surface area (Å²) in [4.78, 5) is 5.30. The van der Waals surface area contributed by atoms with Crippen LogP contribution in [0.5, 0.6) is 0 Å². The van der Waals surface area contributed by atoms with E-state index in [0.29, 0.717) is 0 Å². The first-order valence-electron chi connectivity index (χ1n) is 7.19. The smallest absolute Gasteiger partial charge is 0.0207 e. The molecule has 4 heteroatoms. The lowest BCUT2D eigenvalue weighted by atomic mass is 10.2. The molecule has 3 rings (SSSR count). The number of nitrogens with zero attached hydrogens (tertiary/aromatic N) is 2. The van der Waals surface area contributed by atoms with Gasteiger partial charge >= 0.3 is 0 Å². The van der Waals surface area contributed by atoms with Gasteiger partial charge in [0, 0.05) is 62.9 Å². The van der Waals surface area contributed by atoms with E-state index in [2.05, 4.69) is 26.9 Å². The molecule has 0 amide bonds. The van der Waals surface area contributed by atoms with Crippen LogP contribution in [0.2, 0.25) is 0 Å². The Balaban J connectivity index is 1.29. The molecule has 0 radical (unpaired) electrons. The Kier molecular flexibility index (Phi) is 4.27. The Morgan fingerprint density at radius 3 is 2.65 bits per heavy atom. The van der Waals surface area contributed by atoms with Crippen LogP contribution < -0.4 is 5.32 Å². The fourth-order valence-corrected chi connectivity index (χ4v) is 3.96. The monoisotopic (exact) mass is 255 g/mol. The van der Waals surface area contributed by atoms with E-state index in [1.165, 1.54) is 70.0 Å². The predicted octanol–water partition coefficient (Wildman–Crippen LogP) is 0.861. The normalized spacial score (nSPS) is 32.1. The van der Waals surface area contributed by atoms with Gasteiger partial charge in [-0.2, -0.15) is 11.8 Å². The summed E-state index contributed by atoms with van der Waals surface area (Å²) in [7, 11) is 0. The number of thioether (sulfide) groups is 1. The zero-order valence-electron chi connectivity index (χ0n) is 10.7. The Labute approximate surface area is 109 Å². The van der Waals surface area contributed by atoms with Gasteiger partial charge < -0.3 is 10.2 Å². The van der Waals surface area contributed by atoms with Crippen molar-refractivity contribution in [3.63, 3.8) is 0 Å². The Hall–Kier alpha value is 0.230. The van der Waals surface area contributed by atoms with E-state index in [9.17, 15) is 0 Å². The van der Waals surface area contributed by atoms with E-state index < -0.39 is 0 Å². The van der Waals surface area contributed by atoms with Crippen molar-refractivity contribution in [2.24, 2.45) is 0 Å². The van der Waals surface area contributed by atoms with Gasteiger partial charge in [0.15, 0.2) is 0 Å². The summed E-state index contributed by atoms with van der Waals surface area (Å²) in [5, 5.41) is 3.75. The lowest BCUT2D eigenvalue weighted by molar-refractivity contribution is 0.288. The minimum Gasteiger partial charge on any atom is -0.311 e. The first-order chi connectivity index (χ1) is 8.42. The van der Waals surface area contributed by atoms with Crippen LogP contribution in [0.3, 0.4) is 0 Å². The largest absolute Gasteiger partial charge is 0.311 e. The minimum atomic E-state index is 0.773. The number of rotatable bonds is 5. The van der Waals surface area contributed by atoms with Crippen LogP contribution in [0, 0.1) is 0 Å². The van der Waals surface area contributed by atoms with Gasteiger partial charge in [0.25, 0.3) is 0 Å². The van der Waals surface area contributed by atoms with Gasteiger partial charge in [0.05, 0.1) is 0 Å². The van der Waals surface area contributed by atoms with E-state index >= 15 is 0 Å². The van der Waals surface area contributed by atoms with E-state index in [-0.39, 0.29) is 0 Å². The zero-order chi connectivity index (χ0) is 11.5. The second kappa shape index (κ2) is 5.91. The molecule has 0 aromatic heterocycles. The van der Waals surface area contributed by atoms with Gasteiger partial charge in [0.2, 0.25) is 0 Å². The summed E-state index contributed by atoms with van der Waals surface area (Å²) >= 11 is 2.10. The van der Waals surface area contributed by atoms with Crippen molar-refractivity contribution in [1.29, 1.82) is 0 Å². The van der Waals surface area contributed by atoms with Gasteiger partial charge in [0.1, 0.15) is 0 Å². The van der Waals surface area contributed by atoms with Crippen LogP contribution in [-0.4, -0.2) is 72.7 Å². The number of likely N-dealkylation sites (tertiary alicyclic amines) is 1. The van der Waals surface area contributed by atoms with Crippen LogP contribution in [0.4, 0.5) is 0 Å². The number of hydrogen-bond donors (Lipinski definition) is 1. The lowest BCUT2D eigenvalue weighted by Crippen LogP contribution is -2.41. The van der Waals surface area contributed by atoms with E-state index in [1.54, 1.807) is 0 Å². The van der Waals surface area contributed by atoms with Gasteiger partial charge in [-0.15, -0.1) is 0 Å². The maximum Gasteiger partial charge on any atom is 0.0207 e. The highest BCUT2D eigenvalue weighted by atomic mass is 32.2. The molecular formula is C13H25N3S. The molecule has 0 aromatic carbocycles. The van der Waals surface area contributed by atoms with Crippen LogP contribution in [0.15, 0.2) is 0 Å². The SMILES string of the molecule is C(CN1CCSCC1)NC1CCN(C2CC2)C1. The molecule has 2 saturated heterocycles. The summed E-state index contributed by atoms with van der Waals surface area (Å²) in [6.07, 6.45) is 4.28. The van der Waals surface area contributed by atoms with Crippen molar-refractivity contribution in [3.05, 3.63) is 0 Å². The maximum atomic E-state index is 3.75. The van der Waals surface area contributed by atoms with Gasteiger partial charge in [-0.25, -0.2) is 0 Å². The van der Waals surface area contributed by atoms with Crippen LogP contribution in [0.1, 0.15) is 19.3 Å². The lowest BCUT2D eigenvalue weighted by Gasteiger charge is -2.26. The quantitative estimate of drug-likeness (QED) is 0.785. The highest BCUT2D eigenvalue weighted by molar-refractivity contribution is 7.99. The average molecular weight is 255 g/mol. The standard InChI is InChI=1S/C13H25N3S/c1-2-13(1)16-5-3-12(11-16)14-4-6-15-7-9-17-10-8-15/h12-14H,1-11H2. The first kappa shape index (κ1) is 12.3. The van der Waals surface area contributed by atoms with Crippen LogP contribution in [-0.2, 0) is 0 Å². The molecule has 1 saturated carbocycles. The molecule has 0 aromatic rings. The summed E-state index contributed by atoms with van der Waals surface area (Å²) in [5.41, 5.74) is 0. The van der Waals surface area contributed by atoms with Crippen molar-refractivity contribution in [2.75, 3.05) is 50.8 Å². The Bertz CT molecular complexity index is 239. The third-order valence-corrected chi connectivity index (χ3v) is 5.19. The molecule has 1 aliphatic carbocycles. The molecule has 2 heterocycles. The third kappa shape index (κ3) is 3.60. The number of nitrogens with one attached hydrogen (secondary N) is 1. The molecule has 3 aliphatic rings. The van der Waals surface area contributed by atoms with Crippen molar-refractivity contribution >= 4 is 11.8 Å². The molecule has 98 valence electrons. The van der Waals surface area contributed by atoms with Crippen molar-refractivity contribution in [2.45, 2.75) is 31.3 Å². The van der Waals surface area contributed by atoms with Crippen molar-refractivity contribution < 1.29 is 0 Å². The van der Waals surface area contributed by atoms with E-state index in [0.717, 1.165) is 12.1 Å². The molecule has 17 heavy (non-hydrogen) atoms. The van der Waals surface area contributed by atoms with Gasteiger partial charge in [-0.05, 0) is 19.3 Å². The molecule has 0 spiro atoms. The summed E-state index contributed by atoms with van der Waals surface area (Å²) in [6, 6.07) is 1.73. The number of hydrogen-bond acceptors (Lipinski definition) is 4. The molecule has 1 unspecified atom stereocenters. The zero-order valence-corrected chi connectivity index (χ0v) is 11.6. The second-order valence-electron chi connectivity index (χ2n) is 5.62. The Morgan fingerprint density at radius 1 is 1.06 bits per heavy atom. The van der Waals surface area contributed by atoms with E-state index in [1.807, 2.05) is 0 Å². The molecule has 0 bridgehead atoms. The van der Waals surface area contributed by atoms with Crippen molar-refractivity contribution in [1.82, 2.24) is 15.1 Å². The maximum absolute atomic E-state index is 3.75. The highest BCUT2D eigenvalue weighted by Gasteiger charge is 2.33. The van der Waals surface area contributed by atoms with Crippen LogP contribution in [0.25, 0.3) is 0 Å². The first-order valence-corrected chi connectivity index (χ1v) is 8.35. The van der Waals surface area contributed by atoms with Gasteiger partial charge in [-0.3, -0.25) is 4.90 Å². The predicted molar refractivity (Wildman–Crippen MR) is 74.8 cm³/mol. The molecule has 2 aliphatic heterocycles. The second-order valence-corrected chi connectivity index (χ2v) is 6.84. The topological polar surface area (TPSA) is 18.5 Å². The third-order valence-electron chi connectivity index (χ3n) is 4.25. The molecular weight excluding hydrogens is 230 g/mol. The highest BCUT2D eigenvalue weighted by Crippen LogP contribution is 2.29. The summed E-state index contributed by atoms with van der Waals surface area (Å²) < 4.78 is 0. The molecule has 3 nitrogen and oxygen atoms in total. The summed E-state index contributed by atoms with van der Waals surface area (Å²) in [5.74, 6) is 2.66.